The van der Waals surface area contributed by atoms with Gasteiger partial charge in [0.25, 0.3) is 0 Å². The minimum Gasteiger partial charge on any atom is -0.383 e. The van der Waals surface area contributed by atoms with Crippen LogP contribution in [0.2, 0.25) is 5.02 Å². The average Bonchev–Trinajstić information content (AvgIpc) is 2.27. The first-order chi connectivity index (χ1) is 7.48. The molecular weight excluding hydrogens is 240 g/mol. The van der Waals surface area contributed by atoms with Crippen LogP contribution in [0.1, 0.15) is 19.4 Å². The summed E-state index contributed by atoms with van der Waals surface area (Å²) in [5.41, 5.74) is 1.43. The molecule has 0 unspecified atom stereocenters. The van der Waals surface area contributed by atoms with Crippen molar-refractivity contribution in [3.63, 3.8) is 0 Å². The number of anilines is 1. The Bertz CT molecular complexity index is 410. The number of nitriles is 1. The molecule has 0 radical (unpaired) electrons. The second-order valence-corrected chi connectivity index (χ2v) is 6.07. The van der Waals surface area contributed by atoms with Crippen molar-refractivity contribution in [2.24, 2.45) is 0 Å². The molecule has 86 valence electrons. The summed E-state index contributed by atoms with van der Waals surface area (Å²) in [6, 6.07) is 7.40. The van der Waals surface area contributed by atoms with Crippen molar-refractivity contribution in [1.29, 1.82) is 5.26 Å². The van der Waals surface area contributed by atoms with Gasteiger partial charge in [0.15, 0.2) is 0 Å². The Morgan fingerprint density at radius 3 is 2.75 bits per heavy atom. The number of thioether (sulfide) groups is 1. The Morgan fingerprint density at radius 1 is 1.50 bits per heavy atom. The molecule has 0 heterocycles. The van der Waals surface area contributed by atoms with E-state index in [0.29, 0.717) is 10.6 Å². The lowest BCUT2D eigenvalue weighted by Crippen LogP contribution is -2.26. The number of benzene rings is 1. The molecule has 0 saturated carbocycles. The summed E-state index contributed by atoms with van der Waals surface area (Å²) in [7, 11) is 0. The predicted octanol–water partition coefficient (Wildman–Crippen LogP) is 3.77. The Kier molecular flexibility index (Phi) is 4.52. The number of hydrogen-bond acceptors (Lipinski definition) is 3. The monoisotopic (exact) mass is 254 g/mol. The summed E-state index contributed by atoms with van der Waals surface area (Å²) in [4.78, 5) is 0. The van der Waals surface area contributed by atoms with Crippen molar-refractivity contribution in [1.82, 2.24) is 0 Å². The Labute approximate surface area is 106 Å². The van der Waals surface area contributed by atoms with E-state index in [1.54, 1.807) is 30.0 Å². The molecule has 0 aliphatic carbocycles. The highest BCUT2D eigenvalue weighted by atomic mass is 35.5. The van der Waals surface area contributed by atoms with Crippen molar-refractivity contribution in [2.75, 3.05) is 18.1 Å². The first-order valence-electron chi connectivity index (χ1n) is 4.97. The quantitative estimate of drug-likeness (QED) is 0.889. The molecule has 1 aromatic carbocycles. The van der Waals surface area contributed by atoms with Crippen molar-refractivity contribution in [3.05, 3.63) is 28.8 Å². The summed E-state index contributed by atoms with van der Waals surface area (Å²) < 4.78 is 0.134. The van der Waals surface area contributed by atoms with Gasteiger partial charge in [-0.25, -0.2) is 0 Å². The molecule has 0 amide bonds. The zero-order chi connectivity index (χ0) is 12.2. The van der Waals surface area contributed by atoms with E-state index >= 15 is 0 Å². The van der Waals surface area contributed by atoms with Gasteiger partial charge in [-0.1, -0.05) is 11.6 Å². The maximum atomic E-state index is 8.96. The van der Waals surface area contributed by atoms with Crippen LogP contribution < -0.4 is 5.32 Å². The van der Waals surface area contributed by atoms with Gasteiger partial charge in [-0.15, -0.1) is 0 Å². The molecule has 2 nitrogen and oxygen atoms in total. The van der Waals surface area contributed by atoms with Crippen LogP contribution in [0.5, 0.6) is 0 Å². The van der Waals surface area contributed by atoms with Crippen LogP contribution in [0.25, 0.3) is 0 Å². The highest BCUT2D eigenvalue weighted by molar-refractivity contribution is 7.99. The van der Waals surface area contributed by atoms with E-state index in [2.05, 4.69) is 31.5 Å². The van der Waals surface area contributed by atoms with Crippen LogP contribution in [0, 0.1) is 11.3 Å². The van der Waals surface area contributed by atoms with E-state index in [0.717, 1.165) is 12.2 Å². The summed E-state index contributed by atoms with van der Waals surface area (Å²) >= 11 is 7.69. The summed E-state index contributed by atoms with van der Waals surface area (Å²) in [5, 5.41) is 12.9. The zero-order valence-electron chi connectivity index (χ0n) is 9.67. The van der Waals surface area contributed by atoms with Gasteiger partial charge in [0, 0.05) is 16.3 Å². The number of rotatable bonds is 4. The van der Waals surface area contributed by atoms with Gasteiger partial charge in [-0.3, -0.25) is 0 Å². The van der Waals surface area contributed by atoms with Crippen LogP contribution in [0.15, 0.2) is 18.2 Å². The van der Waals surface area contributed by atoms with Gasteiger partial charge in [-0.05, 0) is 38.3 Å². The third kappa shape index (κ3) is 3.62. The van der Waals surface area contributed by atoms with Crippen molar-refractivity contribution < 1.29 is 0 Å². The molecule has 16 heavy (non-hydrogen) atoms. The highest BCUT2D eigenvalue weighted by Crippen LogP contribution is 2.24. The van der Waals surface area contributed by atoms with Crippen LogP contribution in [0.3, 0.4) is 0 Å². The van der Waals surface area contributed by atoms with Crippen molar-refractivity contribution in [3.8, 4) is 6.07 Å². The molecule has 1 rings (SSSR count). The molecule has 0 saturated heterocycles. The van der Waals surface area contributed by atoms with Gasteiger partial charge in [0.2, 0.25) is 0 Å². The van der Waals surface area contributed by atoms with E-state index < -0.39 is 0 Å². The Balaban J connectivity index is 2.81. The highest BCUT2D eigenvalue weighted by Gasteiger charge is 2.16. The molecular formula is C12H15ClN2S. The topological polar surface area (TPSA) is 35.8 Å². The molecule has 0 aromatic heterocycles. The summed E-state index contributed by atoms with van der Waals surface area (Å²) in [5.74, 6) is 0. The third-order valence-electron chi connectivity index (χ3n) is 2.36. The molecule has 0 fully saturated rings. The van der Waals surface area contributed by atoms with Gasteiger partial charge in [-0.2, -0.15) is 17.0 Å². The number of hydrogen-bond donors (Lipinski definition) is 1. The molecule has 0 bridgehead atoms. The first-order valence-corrected chi connectivity index (χ1v) is 6.57. The minimum atomic E-state index is 0.134. The van der Waals surface area contributed by atoms with E-state index in [-0.39, 0.29) is 4.75 Å². The molecule has 0 aliphatic rings. The molecule has 4 heteroatoms. The van der Waals surface area contributed by atoms with Gasteiger partial charge >= 0.3 is 0 Å². The van der Waals surface area contributed by atoms with E-state index in [1.807, 2.05) is 0 Å². The predicted molar refractivity (Wildman–Crippen MR) is 72.3 cm³/mol. The average molecular weight is 255 g/mol. The van der Waals surface area contributed by atoms with E-state index in [9.17, 15) is 0 Å². The van der Waals surface area contributed by atoms with Gasteiger partial charge < -0.3 is 5.32 Å². The largest absolute Gasteiger partial charge is 0.383 e. The van der Waals surface area contributed by atoms with Crippen LogP contribution in [-0.2, 0) is 0 Å². The lowest BCUT2D eigenvalue weighted by atomic mass is 10.1. The Morgan fingerprint density at radius 2 is 2.19 bits per heavy atom. The fourth-order valence-corrected chi connectivity index (χ4v) is 1.53. The maximum Gasteiger partial charge on any atom is 0.101 e. The normalized spacial score (nSPS) is 10.9. The van der Waals surface area contributed by atoms with Gasteiger partial charge in [0.1, 0.15) is 6.07 Å². The molecule has 0 aliphatic heterocycles. The maximum absolute atomic E-state index is 8.96. The van der Waals surface area contributed by atoms with Crippen molar-refractivity contribution >= 4 is 29.1 Å². The van der Waals surface area contributed by atoms with Crippen LogP contribution in [-0.4, -0.2) is 17.5 Å². The third-order valence-corrected chi connectivity index (χ3v) is 3.84. The summed E-state index contributed by atoms with van der Waals surface area (Å²) in [6.07, 6.45) is 2.07. The smallest absolute Gasteiger partial charge is 0.101 e. The van der Waals surface area contributed by atoms with Crippen LogP contribution >= 0.6 is 23.4 Å². The Hall–Kier alpha value is -0.850. The lowest BCUT2D eigenvalue weighted by Gasteiger charge is -2.23. The number of nitrogens with one attached hydrogen (secondary N) is 1. The van der Waals surface area contributed by atoms with Crippen LogP contribution in [0.4, 0.5) is 5.69 Å². The molecule has 0 spiro atoms. The standard InChI is InChI=1S/C12H15ClN2S/c1-12(2,16-3)8-15-11-6-10(13)5-4-9(11)7-14/h4-6,15H,8H2,1-3H3. The minimum absolute atomic E-state index is 0.134. The second kappa shape index (κ2) is 5.47. The fraction of sp³-hybridized carbons (Fsp3) is 0.417. The van der Waals surface area contributed by atoms with E-state index in [1.165, 1.54) is 0 Å². The molecule has 1 aromatic rings. The van der Waals surface area contributed by atoms with E-state index in [4.69, 9.17) is 16.9 Å². The van der Waals surface area contributed by atoms with Crippen molar-refractivity contribution in [2.45, 2.75) is 18.6 Å². The number of nitrogens with zero attached hydrogens (tertiary/aromatic N) is 1. The molecule has 0 atom stereocenters. The fourth-order valence-electron chi connectivity index (χ4n) is 1.14. The number of halogens is 1. The van der Waals surface area contributed by atoms with Gasteiger partial charge in [0.05, 0.1) is 11.3 Å². The molecule has 1 N–H and O–H groups in total. The first kappa shape index (κ1) is 13.2. The second-order valence-electron chi connectivity index (χ2n) is 4.12. The lowest BCUT2D eigenvalue weighted by molar-refractivity contribution is 0.752. The SMILES string of the molecule is CSC(C)(C)CNc1cc(Cl)ccc1C#N. The summed E-state index contributed by atoms with van der Waals surface area (Å²) in [6.45, 7) is 5.10. The zero-order valence-corrected chi connectivity index (χ0v) is 11.2.